The number of aromatic amines is 1. The fourth-order valence-electron chi connectivity index (χ4n) is 2.23. The topological polar surface area (TPSA) is 67.7 Å². The minimum Gasteiger partial charge on any atom is -0.318 e. The van der Waals surface area contributed by atoms with E-state index < -0.39 is 0 Å². The van der Waals surface area contributed by atoms with Crippen LogP contribution in [0.4, 0.5) is 0 Å². The van der Waals surface area contributed by atoms with Gasteiger partial charge in [-0.3, -0.25) is 5.10 Å². The maximum absolute atomic E-state index is 8.71. The molecule has 0 saturated heterocycles. The van der Waals surface area contributed by atoms with Gasteiger partial charge < -0.3 is 10.2 Å². The zero-order valence-electron chi connectivity index (χ0n) is 12.6. The van der Waals surface area contributed by atoms with E-state index in [0.717, 1.165) is 36.5 Å². The summed E-state index contributed by atoms with van der Waals surface area (Å²) >= 11 is 0. The van der Waals surface area contributed by atoms with Crippen LogP contribution >= 0.6 is 0 Å². The molecule has 110 valence electrons. The molecule has 0 atom stereocenters. The van der Waals surface area contributed by atoms with E-state index >= 15 is 0 Å². The molecule has 1 aromatic carbocycles. The molecule has 21 heavy (non-hydrogen) atoms. The average Bonchev–Trinajstić information content (AvgIpc) is 2.94. The maximum atomic E-state index is 8.71. The number of likely N-dealkylation sites (N-methyl/N-ethyl adjacent to an activating group) is 2. The van der Waals surface area contributed by atoms with Crippen molar-refractivity contribution in [1.82, 2.24) is 20.4 Å². The summed E-state index contributed by atoms with van der Waals surface area (Å²) in [6, 6.07) is 10.2. The minimum atomic E-state index is 0.447. The number of nitrogens with zero attached hydrogens (tertiary/aromatic N) is 3. The van der Waals surface area contributed by atoms with Crippen LogP contribution in [-0.4, -0.2) is 42.3 Å². The van der Waals surface area contributed by atoms with Crippen LogP contribution in [0.2, 0.25) is 0 Å². The molecule has 0 amide bonds. The Hall–Kier alpha value is -2.16. The van der Waals surface area contributed by atoms with E-state index in [4.69, 9.17) is 5.26 Å². The van der Waals surface area contributed by atoms with Crippen LogP contribution in [0.3, 0.4) is 0 Å². The second-order valence-electron chi connectivity index (χ2n) is 5.14. The number of benzene rings is 1. The monoisotopic (exact) mass is 283 g/mol. The zero-order chi connectivity index (χ0) is 15.1. The van der Waals surface area contributed by atoms with Crippen molar-refractivity contribution in [3.63, 3.8) is 0 Å². The number of hydrogen-bond donors (Lipinski definition) is 2. The molecular formula is C16H21N5. The van der Waals surface area contributed by atoms with Gasteiger partial charge in [-0.25, -0.2) is 0 Å². The Balaban J connectivity index is 2.10. The summed E-state index contributed by atoms with van der Waals surface area (Å²) in [6.45, 7) is 2.81. The number of aromatic nitrogens is 2. The third-order valence-electron chi connectivity index (χ3n) is 3.43. The number of nitrogens with one attached hydrogen (secondary N) is 2. The Morgan fingerprint density at radius 3 is 2.76 bits per heavy atom. The zero-order valence-corrected chi connectivity index (χ0v) is 12.6. The van der Waals surface area contributed by atoms with Gasteiger partial charge in [0.25, 0.3) is 0 Å². The summed E-state index contributed by atoms with van der Waals surface area (Å²) in [4.78, 5) is 2.26. The molecule has 2 rings (SSSR count). The lowest BCUT2D eigenvalue weighted by molar-refractivity contribution is 0.328. The van der Waals surface area contributed by atoms with Crippen molar-refractivity contribution in [3.05, 3.63) is 41.6 Å². The summed E-state index contributed by atoms with van der Waals surface area (Å²) in [5.41, 5.74) is 4.37. The van der Waals surface area contributed by atoms with Crippen LogP contribution in [0.25, 0.3) is 11.3 Å². The molecule has 0 fully saturated rings. The summed E-state index contributed by atoms with van der Waals surface area (Å²) in [5, 5.41) is 19.1. The van der Waals surface area contributed by atoms with E-state index in [-0.39, 0.29) is 0 Å². The minimum absolute atomic E-state index is 0.447. The van der Waals surface area contributed by atoms with Gasteiger partial charge in [0.1, 0.15) is 0 Å². The first-order valence-corrected chi connectivity index (χ1v) is 7.06. The van der Waals surface area contributed by atoms with Crippen molar-refractivity contribution in [1.29, 1.82) is 5.26 Å². The molecule has 0 saturated carbocycles. The first-order chi connectivity index (χ1) is 10.2. The fraction of sp³-hybridized carbons (Fsp3) is 0.375. The lowest BCUT2D eigenvalue weighted by Gasteiger charge is -2.16. The molecule has 2 N–H and O–H groups in total. The molecule has 0 bridgehead atoms. The third kappa shape index (κ3) is 4.15. The highest BCUT2D eigenvalue weighted by molar-refractivity contribution is 5.62. The van der Waals surface area contributed by atoms with Crippen molar-refractivity contribution in [2.45, 2.75) is 13.0 Å². The van der Waals surface area contributed by atoms with Crippen molar-refractivity contribution >= 4 is 0 Å². The van der Waals surface area contributed by atoms with E-state index in [1.165, 1.54) is 5.56 Å². The molecule has 0 aliphatic carbocycles. The van der Waals surface area contributed by atoms with Gasteiger partial charge in [0.15, 0.2) is 0 Å². The van der Waals surface area contributed by atoms with Gasteiger partial charge in [-0.2, -0.15) is 10.4 Å². The normalized spacial score (nSPS) is 10.8. The number of H-pyrrole nitrogens is 1. The lowest BCUT2D eigenvalue weighted by atomic mass is 10.0. The van der Waals surface area contributed by atoms with E-state index in [1.807, 2.05) is 37.5 Å². The molecule has 0 radical (unpaired) electrons. The highest BCUT2D eigenvalue weighted by Crippen LogP contribution is 2.22. The van der Waals surface area contributed by atoms with Gasteiger partial charge in [-0.1, -0.05) is 24.3 Å². The van der Waals surface area contributed by atoms with Gasteiger partial charge in [0.05, 0.1) is 24.4 Å². The molecule has 2 aromatic rings. The van der Waals surface area contributed by atoms with Crippen molar-refractivity contribution in [2.75, 3.05) is 27.2 Å². The van der Waals surface area contributed by atoms with Crippen LogP contribution in [0.1, 0.15) is 11.1 Å². The molecule has 0 aliphatic heterocycles. The second-order valence-corrected chi connectivity index (χ2v) is 5.14. The van der Waals surface area contributed by atoms with Gasteiger partial charge >= 0.3 is 0 Å². The maximum Gasteiger partial charge on any atom is 0.0695 e. The van der Waals surface area contributed by atoms with Crippen LogP contribution in [-0.2, 0) is 13.0 Å². The Labute approximate surface area is 125 Å². The molecule has 0 unspecified atom stereocenters. The number of hydrogen-bond acceptors (Lipinski definition) is 4. The summed E-state index contributed by atoms with van der Waals surface area (Å²) in [6.07, 6.45) is 2.33. The summed E-state index contributed by atoms with van der Waals surface area (Å²) < 4.78 is 0. The molecular weight excluding hydrogens is 262 g/mol. The quantitative estimate of drug-likeness (QED) is 0.813. The van der Waals surface area contributed by atoms with Gasteiger partial charge in [-0.05, 0) is 25.2 Å². The number of nitriles is 1. The smallest absolute Gasteiger partial charge is 0.0695 e. The van der Waals surface area contributed by atoms with Gasteiger partial charge in [0, 0.05) is 25.2 Å². The molecule has 5 heteroatoms. The largest absolute Gasteiger partial charge is 0.318 e. The highest BCUT2D eigenvalue weighted by atomic mass is 15.1. The predicted octanol–water partition coefficient (Wildman–Crippen LogP) is 1.79. The van der Waals surface area contributed by atoms with Crippen molar-refractivity contribution in [3.8, 4) is 17.3 Å². The Bertz CT molecular complexity index is 594. The molecule has 1 aromatic heterocycles. The third-order valence-corrected chi connectivity index (χ3v) is 3.43. The summed E-state index contributed by atoms with van der Waals surface area (Å²) in [5.74, 6) is 0. The standard InChI is InChI=1S/C16H21N5/c1-18-9-10-21(2)12-15-11-19-20-16(15)14-5-3-13(4-6-14)7-8-17/h3-6,11,18H,7,9-10,12H2,1-2H3,(H,19,20). The Morgan fingerprint density at radius 1 is 1.33 bits per heavy atom. The van der Waals surface area contributed by atoms with Crippen LogP contribution in [0.15, 0.2) is 30.5 Å². The van der Waals surface area contributed by atoms with E-state index in [2.05, 4.69) is 33.5 Å². The first kappa shape index (κ1) is 15.2. The van der Waals surface area contributed by atoms with Crippen LogP contribution in [0, 0.1) is 11.3 Å². The Kier molecular flexibility index (Phi) is 5.50. The molecule has 1 heterocycles. The SMILES string of the molecule is CNCCN(C)Cc1cn[nH]c1-c1ccc(CC#N)cc1. The van der Waals surface area contributed by atoms with Crippen LogP contribution < -0.4 is 5.32 Å². The Morgan fingerprint density at radius 2 is 2.10 bits per heavy atom. The van der Waals surface area contributed by atoms with E-state index in [0.29, 0.717) is 6.42 Å². The fourth-order valence-corrected chi connectivity index (χ4v) is 2.23. The van der Waals surface area contributed by atoms with Crippen molar-refractivity contribution < 1.29 is 0 Å². The average molecular weight is 283 g/mol. The molecule has 5 nitrogen and oxygen atoms in total. The van der Waals surface area contributed by atoms with Gasteiger partial charge in [-0.15, -0.1) is 0 Å². The molecule has 0 aliphatic rings. The van der Waals surface area contributed by atoms with E-state index in [9.17, 15) is 0 Å². The van der Waals surface area contributed by atoms with E-state index in [1.54, 1.807) is 0 Å². The number of rotatable bonds is 7. The highest BCUT2D eigenvalue weighted by Gasteiger charge is 2.10. The lowest BCUT2D eigenvalue weighted by Crippen LogP contribution is -2.26. The summed E-state index contributed by atoms with van der Waals surface area (Å²) in [7, 11) is 4.06. The second kappa shape index (κ2) is 7.58. The van der Waals surface area contributed by atoms with Crippen molar-refractivity contribution in [2.24, 2.45) is 0 Å². The molecule has 0 spiro atoms. The predicted molar refractivity (Wildman–Crippen MR) is 83.6 cm³/mol. The first-order valence-electron chi connectivity index (χ1n) is 7.06. The van der Waals surface area contributed by atoms with Gasteiger partial charge in [0.2, 0.25) is 0 Å². The van der Waals surface area contributed by atoms with Crippen LogP contribution in [0.5, 0.6) is 0 Å².